The van der Waals surface area contributed by atoms with Crippen molar-refractivity contribution in [1.29, 1.82) is 0 Å². The summed E-state index contributed by atoms with van der Waals surface area (Å²) in [6.07, 6.45) is 2.61. The zero-order valence-electron chi connectivity index (χ0n) is 8.40. The van der Waals surface area contributed by atoms with Crippen LogP contribution in [0.15, 0.2) is 32.9 Å². The average molecular weight is 240 g/mol. The van der Waals surface area contributed by atoms with Gasteiger partial charge in [0.25, 0.3) is 0 Å². The van der Waals surface area contributed by atoms with Crippen LogP contribution in [-0.2, 0) is 0 Å². The largest absolute Gasteiger partial charge is 0.468 e. The van der Waals surface area contributed by atoms with Crippen molar-refractivity contribution in [3.8, 4) is 0 Å². The third-order valence-electron chi connectivity index (χ3n) is 1.86. The summed E-state index contributed by atoms with van der Waals surface area (Å²) in [6, 6.07) is 1.75. The molecule has 0 saturated heterocycles. The van der Waals surface area contributed by atoms with Crippen molar-refractivity contribution in [3.63, 3.8) is 0 Å². The predicted octanol–water partition coefficient (Wildman–Crippen LogP) is 1.95. The van der Waals surface area contributed by atoms with Crippen molar-refractivity contribution in [2.24, 2.45) is 5.84 Å². The first kappa shape index (κ1) is 10.9. The molecule has 0 saturated carbocycles. The minimum atomic E-state index is -0.496. The Bertz CT molecular complexity index is 502. The molecule has 0 aliphatic heterocycles. The van der Waals surface area contributed by atoms with Gasteiger partial charge in [-0.3, -0.25) is 5.43 Å². The van der Waals surface area contributed by atoms with Gasteiger partial charge < -0.3 is 4.42 Å². The molecule has 0 amide bonds. The van der Waals surface area contributed by atoms with Crippen LogP contribution >= 0.6 is 11.8 Å². The molecule has 7 heteroatoms. The number of hydrogen-bond donors (Lipinski definition) is 2. The molecular formula is C9H9FN4OS. The number of nitrogens with zero attached hydrogens (tertiary/aromatic N) is 2. The second kappa shape index (κ2) is 4.50. The van der Waals surface area contributed by atoms with Crippen molar-refractivity contribution < 1.29 is 8.81 Å². The molecule has 5 nitrogen and oxygen atoms in total. The highest BCUT2D eigenvalue weighted by Gasteiger charge is 2.11. The minimum absolute atomic E-state index is 0.171. The molecule has 0 radical (unpaired) electrons. The van der Waals surface area contributed by atoms with Crippen LogP contribution in [0.2, 0.25) is 0 Å². The van der Waals surface area contributed by atoms with Crippen molar-refractivity contribution in [1.82, 2.24) is 9.97 Å². The van der Waals surface area contributed by atoms with Crippen LogP contribution in [0, 0.1) is 12.7 Å². The fourth-order valence-electron chi connectivity index (χ4n) is 1.08. The SMILES string of the molecule is Cc1occc1Sc1nc(NN)ncc1F. The van der Waals surface area contributed by atoms with Gasteiger partial charge in [0.05, 0.1) is 17.4 Å². The molecule has 0 aliphatic carbocycles. The Morgan fingerprint density at radius 3 is 3.00 bits per heavy atom. The highest BCUT2D eigenvalue weighted by atomic mass is 32.2. The van der Waals surface area contributed by atoms with Crippen molar-refractivity contribution in [2.75, 3.05) is 5.43 Å². The van der Waals surface area contributed by atoms with Crippen LogP contribution in [0.5, 0.6) is 0 Å². The van der Waals surface area contributed by atoms with Gasteiger partial charge >= 0.3 is 0 Å². The second-order valence-electron chi connectivity index (χ2n) is 2.93. The first-order chi connectivity index (χ1) is 7.70. The predicted molar refractivity (Wildman–Crippen MR) is 57.4 cm³/mol. The maximum Gasteiger partial charge on any atom is 0.238 e. The Hall–Kier alpha value is -1.60. The number of hydrazine groups is 1. The van der Waals surface area contributed by atoms with Gasteiger partial charge in [-0.05, 0) is 13.0 Å². The number of hydrogen-bond acceptors (Lipinski definition) is 6. The molecule has 3 N–H and O–H groups in total. The third-order valence-corrected chi connectivity index (χ3v) is 2.98. The highest BCUT2D eigenvalue weighted by Crippen LogP contribution is 2.31. The standard InChI is InChI=1S/C9H9FN4OS/c1-5-7(2-3-15-5)16-8-6(10)4-12-9(13-8)14-11/h2-4H,11H2,1H3,(H,12,13,14). The zero-order valence-corrected chi connectivity index (χ0v) is 9.21. The normalized spacial score (nSPS) is 10.4. The summed E-state index contributed by atoms with van der Waals surface area (Å²) < 4.78 is 18.5. The maximum absolute atomic E-state index is 13.4. The molecule has 0 aromatic carbocycles. The number of nitrogens with two attached hydrogens (primary N) is 1. The van der Waals surface area contributed by atoms with Gasteiger partial charge in [0.1, 0.15) is 10.8 Å². The van der Waals surface area contributed by atoms with Crippen molar-refractivity contribution in [2.45, 2.75) is 16.8 Å². The number of nitrogen functional groups attached to an aromatic ring is 1. The van der Waals surface area contributed by atoms with E-state index in [0.29, 0.717) is 5.76 Å². The van der Waals surface area contributed by atoms with Gasteiger partial charge in [-0.25, -0.2) is 20.2 Å². The van der Waals surface area contributed by atoms with E-state index in [4.69, 9.17) is 10.3 Å². The Labute approximate surface area is 95.2 Å². The smallest absolute Gasteiger partial charge is 0.238 e. The quantitative estimate of drug-likeness (QED) is 0.485. The molecule has 2 aromatic heterocycles. The number of nitrogens with one attached hydrogen (secondary N) is 1. The molecule has 0 atom stereocenters. The van der Waals surface area contributed by atoms with Gasteiger partial charge in [-0.2, -0.15) is 0 Å². The summed E-state index contributed by atoms with van der Waals surface area (Å²) >= 11 is 1.16. The zero-order chi connectivity index (χ0) is 11.5. The number of anilines is 1. The van der Waals surface area contributed by atoms with Crippen LogP contribution < -0.4 is 11.3 Å². The molecular weight excluding hydrogens is 231 g/mol. The Kier molecular flexibility index (Phi) is 3.07. The van der Waals surface area contributed by atoms with E-state index >= 15 is 0 Å². The number of aromatic nitrogens is 2. The van der Waals surface area contributed by atoms with Crippen molar-refractivity contribution in [3.05, 3.63) is 30.1 Å². The van der Waals surface area contributed by atoms with E-state index in [2.05, 4.69) is 15.4 Å². The molecule has 0 aliphatic rings. The fraction of sp³-hybridized carbons (Fsp3) is 0.111. The topological polar surface area (TPSA) is 77.0 Å². The summed E-state index contributed by atoms with van der Waals surface area (Å²) in [5.41, 5.74) is 2.26. The van der Waals surface area contributed by atoms with Gasteiger partial charge in [0.15, 0.2) is 5.82 Å². The Morgan fingerprint density at radius 2 is 2.38 bits per heavy atom. The molecule has 2 rings (SSSR count). The van der Waals surface area contributed by atoms with Crippen LogP contribution in [0.25, 0.3) is 0 Å². The van der Waals surface area contributed by atoms with Gasteiger partial charge in [0, 0.05) is 0 Å². The number of aryl methyl sites for hydroxylation is 1. The summed E-state index contributed by atoms with van der Waals surface area (Å²) in [7, 11) is 0. The summed E-state index contributed by atoms with van der Waals surface area (Å²) in [5, 5.41) is 0.201. The lowest BCUT2D eigenvalue weighted by Gasteiger charge is -2.03. The van der Waals surface area contributed by atoms with E-state index in [1.807, 2.05) is 0 Å². The van der Waals surface area contributed by atoms with E-state index in [-0.39, 0.29) is 11.0 Å². The van der Waals surface area contributed by atoms with Crippen molar-refractivity contribution >= 4 is 17.7 Å². The summed E-state index contributed by atoms with van der Waals surface area (Å²) in [4.78, 5) is 8.36. The monoisotopic (exact) mass is 240 g/mol. The summed E-state index contributed by atoms with van der Waals surface area (Å²) in [6.45, 7) is 1.80. The lowest BCUT2D eigenvalue weighted by atomic mass is 10.5. The fourth-order valence-corrected chi connectivity index (χ4v) is 1.88. The molecule has 2 aromatic rings. The molecule has 84 valence electrons. The van der Waals surface area contributed by atoms with Crippen LogP contribution in [0.4, 0.5) is 10.3 Å². The third kappa shape index (κ3) is 2.15. The van der Waals surface area contributed by atoms with Gasteiger partial charge in [-0.1, -0.05) is 11.8 Å². The van der Waals surface area contributed by atoms with E-state index in [1.165, 1.54) is 0 Å². The van der Waals surface area contributed by atoms with E-state index in [1.54, 1.807) is 19.3 Å². The molecule has 0 fully saturated rings. The first-order valence-corrected chi connectivity index (χ1v) is 5.23. The first-order valence-electron chi connectivity index (χ1n) is 4.42. The lowest BCUT2D eigenvalue weighted by Crippen LogP contribution is -2.11. The Morgan fingerprint density at radius 1 is 1.56 bits per heavy atom. The van der Waals surface area contributed by atoms with Gasteiger partial charge in [0.2, 0.25) is 5.95 Å². The Balaban J connectivity index is 2.30. The molecule has 0 spiro atoms. The van der Waals surface area contributed by atoms with E-state index in [0.717, 1.165) is 22.9 Å². The van der Waals surface area contributed by atoms with Crippen LogP contribution in [0.3, 0.4) is 0 Å². The number of halogens is 1. The maximum atomic E-state index is 13.4. The highest BCUT2D eigenvalue weighted by molar-refractivity contribution is 7.99. The average Bonchev–Trinajstić information content (AvgIpc) is 2.68. The summed E-state index contributed by atoms with van der Waals surface area (Å²) in [5.74, 6) is 5.54. The van der Waals surface area contributed by atoms with Crippen LogP contribution in [-0.4, -0.2) is 9.97 Å². The number of rotatable bonds is 3. The van der Waals surface area contributed by atoms with Crippen LogP contribution in [0.1, 0.15) is 5.76 Å². The molecule has 2 heterocycles. The minimum Gasteiger partial charge on any atom is -0.468 e. The molecule has 0 unspecified atom stereocenters. The van der Waals surface area contributed by atoms with Gasteiger partial charge in [-0.15, -0.1) is 0 Å². The van der Waals surface area contributed by atoms with E-state index < -0.39 is 5.82 Å². The number of furan rings is 1. The molecule has 0 bridgehead atoms. The lowest BCUT2D eigenvalue weighted by molar-refractivity contribution is 0.526. The molecule has 16 heavy (non-hydrogen) atoms. The van der Waals surface area contributed by atoms with E-state index in [9.17, 15) is 4.39 Å². The second-order valence-corrected chi connectivity index (χ2v) is 3.96.